The van der Waals surface area contributed by atoms with E-state index < -0.39 is 11.6 Å². The van der Waals surface area contributed by atoms with Gasteiger partial charge in [0, 0.05) is 6.08 Å². The molecule has 0 aliphatic carbocycles. The highest BCUT2D eigenvalue weighted by Gasteiger charge is 2.13. The van der Waals surface area contributed by atoms with E-state index in [9.17, 15) is 4.79 Å². The second-order valence-corrected chi connectivity index (χ2v) is 4.58. The second-order valence-electron chi connectivity index (χ2n) is 4.58. The number of aliphatic hydroxyl groups excluding tert-OH is 1. The van der Waals surface area contributed by atoms with Crippen molar-refractivity contribution in [1.29, 1.82) is 0 Å². The minimum absolute atomic E-state index is 0.117. The molecule has 0 saturated heterocycles. The average molecular weight is 235 g/mol. The van der Waals surface area contributed by atoms with Crippen LogP contribution in [0, 0.1) is 0 Å². The van der Waals surface area contributed by atoms with Gasteiger partial charge in [-0.1, -0.05) is 6.07 Å². The Morgan fingerprint density at radius 1 is 1.47 bits per heavy atom. The molecule has 1 N–H and O–H groups in total. The van der Waals surface area contributed by atoms with Gasteiger partial charge >= 0.3 is 5.97 Å². The standard InChI is InChI=1S/C13H17NO3/c1-13(2,3)17-12(16)8-7-10-5-4-6-11(9-15)14-10/h4-8,15H,9H2,1-3H3/b8-7+. The average Bonchev–Trinajstić information content (AvgIpc) is 2.24. The predicted octanol–water partition coefficient (Wildman–Crippen LogP) is 1.93. The van der Waals surface area contributed by atoms with Crippen molar-refractivity contribution in [2.75, 3.05) is 0 Å². The van der Waals surface area contributed by atoms with Crippen LogP contribution in [0.5, 0.6) is 0 Å². The summed E-state index contributed by atoms with van der Waals surface area (Å²) in [7, 11) is 0. The van der Waals surface area contributed by atoms with Crippen molar-refractivity contribution in [3.8, 4) is 0 Å². The third kappa shape index (κ3) is 5.26. The Balaban J connectivity index is 2.67. The lowest BCUT2D eigenvalue weighted by Gasteiger charge is -2.17. The van der Waals surface area contributed by atoms with E-state index in [-0.39, 0.29) is 6.61 Å². The zero-order valence-corrected chi connectivity index (χ0v) is 10.3. The van der Waals surface area contributed by atoms with Gasteiger partial charge in [-0.05, 0) is 39.0 Å². The van der Waals surface area contributed by atoms with Gasteiger partial charge in [-0.3, -0.25) is 4.98 Å². The van der Waals surface area contributed by atoms with Gasteiger partial charge < -0.3 is 9.84 Å². The maximum atomic E-state index is 11.4. The molecule has 0 unspecified atom stereocenters. The van der Waals surface area contributed by atoms with Gasteiger partial charge in [0.15, 0.2) is 0 Å². The van der Waals surface area contributed by atoms with Crippen LogP contribution in [0.2, 0.25) is 0 Å². The monoisotopic (exact) mass is 235 g/mol. The summed E-state index contributed by atoms with van der Waals surface area (Å²) < 4.78 is 5.11. The first-order valence-corrected chi connectivity index (χ1v) is 5.38. The van der Waals surface area contributed by atoms with Crippen molar-refractivity contribution < 1.29 is 14.6 Å². The van der Waals surface area contributed by atoms with E-state index >= 15 is 0 Å². The lowest BCUT2D eigenvalue weighted by molar-refractivity contribution is -0.148. The van der Waals surface area contributed by atoms with Crippen molar-refractivity contribution in [3.05, 3.63) is 35.7 Å². The molecule has 0 bridgehead atoms. The number of hydrogen-bond donors (Lipinski definition) is 1. The zero-order chi connectivity index (χ0) is 12.9. The molecule has 1 heterocycles. The topological polar surface area (TPSA) is 59.4 Å². The van der Waals surface area contributed by atoms with Gasteiger partial charge in [0.1, 0.15) is 5.60 Å². The molecule has 0 fully saturated rings. The number of nitrogens with zero attached hydrogens (tertiary/aromatic N) is 1. The Hall–Kier alpha value is -1.68. The highest BCUT2D eigenvalue weighted by atomic mass is 16.6. The molecule has 0 amide bonds. The van der Waals surface area contributed by atoms with Crippen molar-refractivity contribution in [3.63, 3.8) is 0 Å². The van der Waals surface area contributed by atoms with Gasteiger partial charge in [-0.2, -0.15) is 0 Å². The van der Waals surface area contributed by atoms with Gasteiger partial charge in [-0.25, -0.2) is 4.79 Å². The molecule has 0 aliphatic rings. The second kappa shape index (κ2) is 5.59. The molecular weight excluding hydrogens is 218 g/mol. The number of ether oxygens (including phenoxy) is 1. The molecule has 17 heavy (non-hydrogen) atoms. The summed E-state index contributed by atoms with van der Waals surface area (Å²) >= 11 is 0. The SMILES string of the molecule is CC(C)(C)OC(=O)/C=C/c1cccc(CO)n1. The van der Waals surface area contributed by atoms with E-state index in [1.807, 2.05) is 20.8 Å². The van der Waals surface area contributed by atoms with Gasteiger partial charge in [-0.15, -0.1) is 0 Å². The van der Waals surface area contributed by atoms with Crippen LogP contribution >= 0.6 is 0 Å². The van der Waals surface area contributed by atoms with E-state index in [0.29, 0.717) is 11.4 Å². The Bertz CT molecular complexity index is 419. The molecule has 0 atom stereocenters. The Morgan fingerprint density at radius 3 is 2.76 bits per heavy atom. The number of aliphatic hydroxyl groups is 1. The maximum absolute atomic E-state index is 11.4. The van der Waals surface area contributed by atoms with E-state index in [2.05, 4.69) is 4.98 Å². The van der Waals surface area contributed by atoms with Crippen LogP contribution in [0.4, 0.5) is 0 Å². The highest BCUT2D eigenvalue weighted by Crippen LogP contribution is 2.08. The molecule has 1 aromatic heterocycles. The summed E-state index contributed by atoms with van der Waals surface area (Å²) in [5.41, 5.74) is 0.681. The molecule has 0 spiro atoms. The molecule has 1 aromatic rings. The molecule has 0 aromatic carbocycles. The lowest BCUT2D eigenvalue weighted by atomic mass is 10.2. The van der Waals surface area contributed by atoms with Crippen LogP contribution in [0.15, 0.2) is 24.3 Å². The van der Waals surface area contributed by atoms with Gasteiger partial charge in [0.05, 0.1) is 18.0 Å². The predicted molar refractivity (Wildman–Crippen MR) is 65.0 cm³/mol. The summed E-state index contributed by atoms with van der Waals surface area (Å²) in [6.07, 6.45) is 2.89. The Labute approximate surface area is 101 Å². The van der Waals surface area contributed by atoms with E-state index in [1.165, 1.54) is 6.08 Å². The third-order valence-corrected chi connectivity index (χ3v) is 1.79. The van der Waals surface area contributed by atoms with Crippen LogP contribution in [0.3, 0.4) is 0 Å². The largest absolute Gasteiger partial charge is 0.457 e. The molecule has 4 heteroatoms. The first-order valence-electron chi connectivity index (χ1n) is 5.38. The van der Waals surface area contributed by atoms with E-state index in [1.54, 1.807) is 24.3 Å². The number of rotatable bonds is 3. The fourth-order valence-corrected chi connectivity index (χ4v) is 1.17. The Kier molecular flexibility index (Phi) is 4.40. The summed E-state index contributed by atoms with van der Waals surface area (Å²) in [6.45, 7) is 5.31. The first-order chi connectivity index (χ1) is 7.90. The number of hydrogen-bond acceptors (Lipinski definition) is 4. The van der Waals surface area contributed by atoms with Gasteiger partial charge in [0.2, 0.25) is 0 Å². The number of carbonyl (C=O) groups excluding carboxylic acids is 1. The number of carbonyl (C=O) groups is 1. The van der Waals surface area contributed by atoms with Crippen LogP contribution < -0.4 is 0 Å². The molecule has 1 rings (SSSR count). The molecule has 0 radical (unpaired) electrons. The quantitative estimate of drug-likeness (QED) is 0.642. The summed E-state index contributed by atoms with van der Waals surface area (Å²) in [5.74, 6) is -0.409. The van der Waals surface area contributed by atoms with Crippen LogP contribution in [0.25, 0.3) is 6.08 Å². The molecule has 0 aliphatic heterocycles. The smallest absolute Gasteiger partial charge is 0.331 e. The molecule has 0 saturated carbocycles. The van der Waals surface area contributed by atoms with E-state index in [4.69, 9.17) is 9.84 Å². The minimum Gasteiger partial charge on any atom is -0.457 e. The first kappa shape index (κ1) is 13.4. The summed E-state index contributed by atoms with van der Waals surface area (Å²) in [5, 5.41) is 8.91. The van der Waals surface area contributed by atoms with Crippen molar-refractivity contribution in [2.24, 2.45) is 0 Å². The molecular formula is C13H17NO3. The number of pyridine rings is 1. The number of aromatic nitrogens is 1. The van der Waals surface area contributed by atoms with Crippen molar-refractivity contribution in [1.82, 2.24) is 4.98 Å². The Morgan fingerprint density at radius 2 is 2.18 bits per heavy atom. The lowest BCUT2D eigenvalue weighted by Crippen LogP contribution is -2.22. The summed E-state index contributed by atoms with van der Waals surface area (Å²) in [4.78, 5) is 15.5. The van der Waals surface area contributed by atoms with E-state index in [0.717, 1.165) is 0 Å². The number of esters is 1. The minimum atomic E-state index is -0.498. The van der Waals surface area contributed by atoms with Crippen LogP contribution in [-0.2, 0) is 16.1 Å². The molecule has 92 valence electrons. The fourth-order valence-electron chi connectivity index (χ4n) is 1.17. The zero-order valence-electron chi connectivity index (χ0n) is 10.3. The van der Waals surface area contributed by atoms with Crippen LogP contribution in [-0.4, -0.2) is 21.7 Å². The van der Waals surface area contributed by atoms with Crippen molar-refractivity contribution in [2.45, 2.75) is 33.0 Å². The van der Waals surface area contributed by atoms with Gasteiger partial charge in [0.25, 0.3) is 0 Å². The highest BCUT2D eigenvalue weighted by molar-refractivity contribution is 5.86. The molecule has 4 nitrogen and oxygen atoms in total. The fraction of sp³-hybridized carbons (Fsp3) is 0.385. The van der Waals surface area contributed by atoms with Crippen molar-refractivity contribution >= 4 is 12.0 Å². The van der Waals surface area contributed by atoms with Crippen LogP contribution in [0.1, 0.15) is 32.2 Å². The maximum Gasteiger partial charge on any atom is 0.331 e. The third-order valence-electron chi connectivity index (χ3n) is 1.79. The summed E-state index contributed by atoms with van der Waals surface area (Å²) in [6, 6.07) is 5.23. The normalized spacial score (nSPS) is 11.8.